The Bertz CT molecular complexity index is 290. The SMILES string of the molecule is CNCCOc1nn(C)c(=O)[nH]1. The van der Waals surface area contributed by atoms with Crippen LogP contribution in [0, 0.1) is 0 Å². The number of likely N-dealkylation sites (N-methyl/N-ethyl adjacent to an activating group) is 1. The molecule has 12 heavy (non-hydrogen) atoms. The molecule has 68 valence electrons. The van der Waals surface area contributed by atoms with Crippen molar-refractivity contribution in [1.82, 2.24) is 20.1 Å². The predicted octanol–water partition coefficient (Wildman–Crippen LogP) is -1.29. The van der Waals surface area contributed by atoms with Crippen LogP contribution in [0.2, 0.25) is 0 Å². The van der Waals surface area contributed by atoms with Gasteiger partial charge in [0.15, 0.2) is 0 Å². The Morgan fingerprint density at radius 3 is 3.00 bits per heavy atom. The van der Waals surface area contributed by atoms with Gasteiger partial charge in [-0.1, -0.05) is 0 Å². The van der Waals surface area contributed by atoms with E-state index < -0.39 is 0 Å². The van der Waals surface area contributed by atoms with Crippen molar-refractivity contribution in [3.05, 3.63) is 10.5 Å². The number of H-pyrrole nitrogens is 1. The Balaban J connectivity index is 2.47. The molecule has 0 saturated carbocycles. The van der Waals surface area contributed by atoms with Gasteiger partial charge in [-0.05, 0) is 7.05 Å². The molecule has 0 bridgehead atoms. The highest BCUT2D eigenvalue weighted by Crippen LogP contribution is 1.92. The first-order chi connectivity index (χ1) is 5.74. The van der Waals surface area contributed by atoms with Crippen LogP contribution in [0.25, 0.3) is 0 Å². The minimum atomic E-state index is -0.269. The van der Waals surface area contributed by atoms with E-state index in [-0.39, 0.29) is 11.7 Å². The molecule has 0 aliphatic rings. The summed E-state index contributed by atoms with van der Waals surface area (Å²) in [6.07, 6.45) is 0. The molecule has 6 nitrogen and oxygen atoms in total. The zero-order chi connectivity index (χ0) is 8.97. The van der Waals surface area contributed by atoms with Crippen LogP contribution in [0.3, 0.4) is 0 Å². The van der Waals surface area contributed by atoms with E-state index in [1.165, 1.54) is 4.68 Å². The van der Waals surface area contributed by atoms with E-state index in [4.69, 9.17) is 4.74 Å². The molecule has 1 aromatic heterocycles. The van der Waals surface area contributed by atoms with E-state index >= 15 is 0 Å². The van der Waals surface area contributed by atoms with Crippen LogP contribution in [0.1, 0.15) is 0 Å². The molecule has 0 aromatic carbocycles. The fourth-order valence-electron chi connectivity index (χ4n) is 0.694. The third-order valence-electron chi connectivity index (χ3n) is 1.34. The van der Waals surface area contributed by atoms with Gasteiger partial charge in [-0.2, -0.15) is 0 Å². The lowest BCUT2D eigenvalue weighted by Crippen LogP contribution is -2.16. The van der Waals surface area contributed by atoms with Crippen molar-refractivity contribution < 1.29 is 4.74 Å². The molecule has 1 aromatic rings. The Morgan fingerprint density at radius 1 is 1.75 bits per heavy atom. The lowest BCUT2D eigenvalue weighted by atomic mass is 10.7. The molecule has 1 rings (SSSR count). The average Bonchev–Trinajstić information content (AvgIpc) is 2.32. The molecule has 2 N–H and O–H groups in total. The van der Waals surface area contributed by atoms with Gasteiger partial charge in [0.05, 0.1) is 0 Å². The van der Waals surface area contributed by atoms with Crippen LogP contribution in [0.15, 0.2) is 4.79 Å². The van der Waals surface area contributed by atoms with Crippen molar-refractivity contribution in [1.29, 1.82) is 0 Å². The standard InChI is InChI=1S/C6H12N4O2/c1-7-3-4-12-5-8-6(11)10(2)9-5/h7H,3-4H2,1-2H3,(H,8,9,11). The molecule has 0 unspecified atom stereocenters. The number of ether oxygens (including phenoxy) is 1. The van der Waals surface area contributed by atoms with Gasteiger partial charge in [0.2, 0.25) is 0 Å². The van der Waals surface area contributed by atoms with E-state index in [2.05, 4.69) is 15.4 Å². The topological polar surface area (TPSA) is 71.9 Å². The number of hydrogen-bond donors (Lipinski definition) is 2. The van der Waals surface area contributed by atoms with Gasteiger partial charge in [-0.15, -0.1) is 5.10 Å². The Hall–Kier alpha value is -1.30. The quantitative estimate of drug-likeness (QED) is 0.554. The number of aromatic amines is 1. The lowest BCUT2D eigenvalue weighted by Gasteiger charge is -1.98. The highest BCUT2D eigenvalue weighted by atomic mass is 16.5. The van der Waals surface area contributed by atoms with Gasteiger partial charge < -0.3 is 10.1 Å². The molecule has 0 saturated heterocycles. The van der Waals surface area contributed by atoms with E-state index in [9.17, 15) is 4.79 Å². The van der Waals surface area contributed by atoms with Crippen molar-refractivity contribution in [2.24, 2.45) is 7.05 Å². The molecule has 0 aliphatic heterocycles. The van der Waals surface area contributed by atoms with Gasteiger partial charge in [0, 0.05) is 13.6 Å². The zero-order valence-corrected chi connectivity index (χ0v) is 7.13. The molecule has 0 aliphatic carbocycles. The van der Waals surface area contributed by atoms with Crippen molar-refractivity contribution in [3.63, 3.8) is 0 Å². The monoisotopic (exact) mass is 172 g/mol. The normalized spacial score (nSPS) is 10.2. The van der Waals surface area contributed by atoms with Gasteiger partial charge in [0.25, 0.3) is 0 Å². The molecule has 0 amide bonds. The molecular weight excluding hydrogens is 160 g/mol. The summed E-state index contributed by atoms with van der Waals surface area (Å²) in [5, 5.41) is 6.69. The fourth-order valence-corrected chi connectivity index (χ4v) is 0.694. The minimum absolute atomic E-state index is 0.262. The number of rotatable bonds is 4. The number of aromatic nitrogens is 3. The lowest BCUT2D eigenvalue weighted by molar-refractivity contribution is 0.293. The zero-order valence-electron chi connectivity index (χ0n) is 7.13. The first-order valence-corrected chi connectivity index (χ1v) is 3.64. The summed E-state index contributed by atoms with van der Waals surface area (Å²) in [5.74, 6) is 0. The molecule has 0 fully saturated rings. The molecule has 0 radical (unpaired) electrons. The Morgan fingerprint density at radius 2 is 2.50 bits per heavy atom. The van der Waals surface area contributed by atoms with Crippen LogP contribution in [0.4, 0.5) is 0 Å². The summed E-state index contributed by atoms with van der Waals surface area (Å²) >= 11 is 0. The minimum Gasteiger partial charge on any atom is -0.462 e. The van der Waals surface area contributed by atoms with E-state index in [1.54, 1.807) is 7.05 Å². The van der Waals surface area contributed by atoms with Gasteiger partial charge in [0.1, 0.15) is 6.61 Å². The summed E-state index contributed by atoms with van der Waals surface area (Å²) in [6, 6.07) is 0.262. The maximum absolute atomic E-state index is 10.8. The number of nitrogens with one attached hydrogen (secondary N) is 2. The number of nitrogens with zero attached hydrogens (tertiary/aromatic N) is 2. The van der Waals surface area contributed by atoms with Crippen LogP contribution in [0.5, 0.6) is 6.01 Å². The summed E-state index contributed by atoms with van der Waals surface area (Å²) in [7, 11) is 3.38. The van der Waals surface area contributed by atoms with Crippen LogP contribution >= 0.6 is 0 Å². The summed E-state index contributed by atoms with van der Waals surface area (Å²) in [4.78, 5) is 13.3. The van der Waals surface area contributed by atoms with Crippen LogP contribution in [-0.2, 0) is 7.05 Å². The summed E-state index contributed by atoms with van der Waals surface area (Å²) in [6.45, 7) is 1.21. The number of hydrogen-bond acceptors (Lipinski definition) is 4. The third-order valence-corrected chi connectivity index (χ3v) is 1.34. The van der Waals surface area contributed by atoms with Crippen molar-refractivity contribution in [2.75, 3.05) is 20.2 Å². The van der Waals surface area contributed by atoms with Crippen LogP contribution < -0.4 is 15.7 Å². The maximum atomic E-state index is 10.8. The van der Waals surface area contributed by atoms with Gasteiger partial charge >= 0.3 is 11.7 Å². The fraction of sp³-hybridized carbons (Fsp3) is 0.667. The largest absolute Gasteiger partial charge is 0.462 e. The summed E-state index contributed by atoms with van der Waals surface area (Å²) in [5.41, 5.74) is -0.269. The smallest absolute Gasteiger partial charge is 0.345 e. The van der Waals surface area contributed by atoms with Crippen molar-refractivity contribution >= 4 is 0 Å². The second kappa shape index (κ2) is 3.91. The molecule has 6 heteroatoms. The highest BCUT2D eigenvalue weighted by molar-refractivity contribution is 4.87. The Kier molecular flexibility index (Phi) is 2.87. The maximum Gasteiger partial charge on any atom is 0.345 e. The second-order valence-electron chi connectivity index (χ2n) is 2.31. The van der Waals surface area contributed by atoms with Crippen LogP contribution in [-0.4, -0.2) is 35.0 Å². The van der Waals surface area contributed by atoms with Gasteiger partial charge in [-0.3, -0.25) is 4.98 Å². The van der Waals surface area contributed by atoms with E-state index in [0.717, 1.165) is 6.54 Å². The summed E-state index contributed by atoms with van der Waals surface area (Å²) < 4.78 is 6.29. The van der Waals surface area contributed by atoms with E-state index in [0.29, 0.717) is 6.61 Å². The molecule has 1 heterocycles. The molecule has 0 spiro atoms. The average molecular weight is 172 g/mol. The number of aryl methyl sites for hydroxylation is 1. The predicted molar refractivity (Wildman–Crippen MR) is 43.3 cm³/mol. The third kappa shape index (κ3) is 2.09. The Labute approximate surface area is 69.5 Å². The molecular formula is C6H12N4O2. The molecule has 0 atom stereocenters. The van der Waals surface area contributed by atoms with Crippen molar-refractivity contribution in [2.45, 2.75) is 0 Å². The van der Waals surface area contributed by atoms with Gasteiger partial charge in [-0.25, -0.2) is 9.48 Å². The van der Waals surface area contributed by atoms with Crippen molar-refractivity contribution in [3.8, 4) is 6.01 Å². The highest BCUT2D eigenvalue weighted by Gasteiger charge is 2.00. The second-order valence-corrected chi connectivity index (χ2v) is 2.31. The van der Waals surface area contributed by atoms with E-state index in [1.807, 2.05) is 7.05 Å². The first-order valence-electron chi connectivity index (χ1n) is 3.64. The first kappa shape index (κ1) is 8.79.